The molecule has 8 heteroatoms. The minimum atomic E-state index is -3.90. The Bertz CT molecular complexity index is 909. The van der Waals surface area contributed by atoms with E-state index in [1.165, 1.54) is 56.4 Å². The van der Waals surface area contributed by atoms with E-state index < -0.39 is 28.4 Å². The van der Waals surface area contributed by atoms with Crippen molar-refractivity contribution in [2.24, 2.45) is 0 Å². The summed E-state index contributed by atoms with van der Waals surface area (Å²) in [5.41, 5.74) is 0.852. The number of ether oxygens (including phenoxy) is 1. The minimum Gasteiger partial charge on any atom is -0.460 e. The maximum absolute atomic E-state index is 13.1. The Morgan fingerprint density at radius 2 is 1.77 bits per heavy atom. The van der Waals surface area contributed by atoms with Crippen LogP contribution in [0.3, 0.4) is 0 Å². The van der Waals surface area contributed by atoms with Gasteiger partial charge in [-0.2, -0.15) is 4.31 Å². The van der Waals surface area contributed by atoms with Crippen molar-refractivity contribution in [1.29, 1.82) is 0 Å². The molecule has 0 fully saturated rings. The highest BCUT2D eigenvalue weighted by Crippen LogP contribution is 2.15. The first-order chi connectivity index (χ1) is 12.2. The molecule has 0 bridgehead atoms. The lowest BCUT2D eigenvalue weighted by Gasteiger charge is -2.16. The smallest absolute Gasteiger partial charge is 0.321 e. The number of Topliss-reactive ketones (excluding diaryl/α,β-unsaturated/α-hetero) is 1. The average Bonchev–Trinajstić information content (AvgIpc) is 2.60. The molecular weight excluding hydrogens is 361 g/mol. The fraction of sp³-hybridized carbons (Fsp3) is 0.222. The topological polar surface area (TPSA) is 80.8 Å². The monoisotopic (exact) mass is 379 g/mol. The summed E-state index contributed by atoms with van der Waals surface area (Å²) in [7, 11) is -2.66. The summed E-state index contributed by atoms with van der Waals surface area (Å²) in [6.45, 7) is 0.730. The summed E-state index contributed by atoms with van der Waals surface area (Å²) in [6.07, 6.45) is 0. The molecule has 0 saturated carbocycles. The Kier molecular flexibility index (Phi) is 6.23. The van der Waals surface area contributed by atoms with Gasteiger partial charge in [-0.1, -0.05) is 24.3 Å². The van der Waals surface area contributed by atoms with Crippen LogP contribution in [0.2, 0.25) is 0 Å². The van der Waals surface area contributed by atoms with Crippen molar-refractivity contribution in [3.8, 4) is 0 Å². The third-order valence-corrected chi connectivity index (χ3v) is 5.43. The van der Waals surface area contributed by atoms with Crippen LogP contribution in [0.1, 0.15) is 22.8 Å². The van der Waals surface area contributed by atoms with Gasteiger partial charge in [0.05, 0.1) is 4.90 Å². The normalized spacial score (nSPS) is 11.4. The molecule has 0 spiro atoms. The molecular formula is C18H18FNO5S. The second-order valence-electron chi connectivity index (χ2n) is 5.63. The number of carbonyl (C=O) groups is 2. The first-order valence-electron chi connectivity index (χ1n) is 7.67. The Labute approximate surface area is 151 Å². The van der Waals surface area contributed by atoms with Gasteiger partial charge in [0.2, 0.25) is 10.0 Å². The highest BCUT2D eigenvalue weighted by Gasteiger charge is 2.23. The van der Waals surface area contributed by atoms with Crippen LogP contribution in [0, 0.1) is 5.82 Å². The second-order valence-corrected chi connectivity index (χ2v) is 7.68. The van der Waals surface area contributed by atoms with Crippen LogP contribution in [0.15, 0.2) is 53.4 Å². The predicted molar refractivity (Wildman–Crippen MR) is 92.5 cm³/mol. The quantitative estimate of drug-likeness (QED) is 0.545. The molecule has 0 heterocycles. The summed E-state index contributed by atoms with van der Waals surface area (Å²) in [5.74, 6) is -1.39. The zero-order valence-electron chi connectivity index (χ0n) is 14.3. The van der Waals surface area contributed by atoms with Gasteiger partial charge in [-0.15, -0.1) is 0 Å². The van der Waals surface area contributed by atoms with Crippen LogP contribution in [0.4, 0.5) is 4.39 Å². The van der Waals surface area contributed by atoms with E-state index in [2.05, 4.69) is 0 Å². The Balaban J connectivity index is 1.99. The Hall–Kier alpha value is -2.58. The molecule has 6 nitrogen and oxygen atoms in total. The molecule has 0 N–H and O–H groups in total. The fourth-order valence-electron chi connectivity index (χ4n) is 2.14. The van der Waals surface area contributed by atoms with Crippen molar-refractivity contribution in [3.05, 3.63) is 65.5 Å². The molecule has 0 amide bonds. The van der Waals surface area contributed by atoms with Gasteiger partial charge in [-0.3, -0.25) is 9.59 Å². The number of carbonyl (C=O) groups excluding carboxylic acids is 2. The van der Waals surface area contributed by atoms with Gasteiger partial charge in [0, 0.05) is 12.6 Å². The number of halogens is 1. The van der Waals surface area contributed by atoms with Gasteiger partial charge in [0.1, 0.15) is 19.0 Å². The van der Waals surface area contributed by atoms with Crippen molar-refractivity contribution in [2.75, 3.05) is 13.6 Å². The fourth-order valence-corrected chi connectivity index (χ4v) is 3.26. The predicted octanol–water partition coefficient (Wildman–Crippen LogP) is 2.39. The minimum absolute atomic E-state index is 0.0390. The molecule has 0 saturated heterocycles. The first-order valence-corrected chi connectivity index (χ1v) is 9.11. The number of esters is 1. The third kappa shape index (κ3) is 4.96. The number of benzene rings is 2. The van der Waals surface area contributed by atoms with Crippen molar-refractivity contribution >= 4 is 21.8 Å². The van der Waals surface area contributed by atoms with E-state index in [0.717, 1.165) is 4.31 Å². The molecule has 0 atom stereocenters. The molecule has 0 aliphatic heterocycles. The van der Waals surface area contributed by atoms with Crippen molar-refractivity contribution in [2.45, 2.75) is 18.4 Å². The lowest BCUT2D eigenvalue weighted by Crippen LogP contribution is -2.33. The molecule has 2 aromatic carbocycles. The van der Waals surface area contributed by atoms with Gasteiger partial charge in [-0.05, 0) is 36.8 Å². The van der Waals surface area contributed by atoms with Gasteiger partial charge in [-0.25, -0.2) is 12.8 Å². The molecule has 138 valence electrons. The molecule has 2 rings (SSSR count). The second kappa shape index (κ2) is 8.20. The molecule has 0 aromatic heterocycles. The van der Waals surface area contributed by atoms with Crippen molar-refractivity contribution < 1.29 is 27.1 Å². The van der Waals surface area contributed by atoms with E-state index in [1.54, 1.807) is 6.07 Å². The first kappa shape index (κ1) is 19.7. The SMILES string of the molecule is CC(=O)c1ccc(S(=O)(=O)N(C)CC(=O)OCc2cccc(F)c2)cc1. The van der Waals surface area contributed by atoms with E-state index in [9.17, 15) is 22.4 Å². The van der Waals surface area contributed by atoms with Gasteiger partial charge >= 0.3 is 5.97 Å². The number of rotatable bonds is 7. The standard InChI is InChI=1S/C18H18FNO5S/c1-13(21)15-6-8-17(9-7-15)26(23,24)20(2)11-18(22)25-12-14-4-3-5-16(19)10-14/h3-10H,11-12H2,1-2H3. The number of hydrogen-bond donors (Lipinski definition) is 0. The number of hydrogen-bond acceptors (Lipinski definition) is 5. The molecule has 0 aliphatic carbocycles. The van der Waals surface area contributed by atoms with Crippen LogP contribution in [-0.2, 0) is 26.2 Å². The van der Waals surface area contributed by atoms with E-state index >= 15 is 0 Å². The maximum Gasteiger partial charge on any atom is 0.321 e. The summed E-state index contributed by atoms with van der Waals surface area (Å²) in [5, 5.41) is 0. The molecule has 26 heavy (non-hydrogen) atoms. The van der Waals surface area contributed by atoms with E-state index in [4.69, 9.17) is 4.74 Å². The van der Waals surface area contributed by atoms with Crippen LogP contribution in [-0.4, -0.2) is 38.1 Å². The lowest BCUT2D eigenvalue weighted by atomic mass is 10.2. The molecule has 0 unspecified atom stereocenters. The number of sulfonamides is 1. The zero-order chi connectivity index (χ0) is 19.3. The summed E-state index contributed by atoms with van der Waals surface area (Å²) in [4.78, 5) is 23.1. The van der Waals surface area contributed by atoms with Crippen molar-refractivity contribution in [1.82, 2.24) is 4.31 Å². The van der Waals surface area contributed by atoms with Crippen molar-refractivity contribution in [3.63, 3.8) is 0 Å². The zero-order valence-corrected chi connectivity index (χ0v) is 15.1. The van der Waals surface area contributed by atoms with Gasteiger partial charge < -0.3 is 4.74 Å². The molecule has 0 aliphatic rings. The summed E-state index contributed by atoms with van der Waals surface area (Å²) in [6, 6.07) is 11.0. The number of nitrogens with zero attached hydrogens (tertiary/aromatic N) is 1. The largest absolute Gasteiger partial charge is 0.460 e. The van der Waals surface area contributed by atoms with Gasteiger partial charge in [0.25, 0.3) is 0 Å². The Morgan fingerprint density at radius 1 is 1.12 bits per heavy atom. The highest BCUT2D eigenvalue weighted by molar-refractivity contribution is 7.89. The van der Waals surface area contributed by atoms with Crippen LogP contribution >= 0.6 is 0 Å². The van der Waals surface area contributed by atoms with E-state index in [0.29, 0.717) is 11.1 Å². The summed E-state index contributed by atoms with van der Waals surface area (Å²) < 4.78 is 43.8. The Morgan fingerprint density at radius 3 is 2.35 bits per heavy atom. The van der Waals surface area contributed by atoms with E-state index in [1.807, 2.05) is 0 Å². The molecule has 0 radical (unpaired) electrons. The van der Waals surface area contributed by atoms with Crippen LogP contribution in [0.5, 0.6) is 0 Å². The molecule has 2 aromatic rings. The summed E-state index contributed by atoms with van der Waals surface area (Å²) >= 11 is 0. The number of likely N-dealkylation sites (N-methyl/N-ethyl adjacent to an activating group) is 1. The maximum atomic E-state index is 13.1. The van der Waals surface area contributed by atoms with Gasteiger partial charge in [0.15, 0.2) is 5.78 Å². The third-order valence-electron chi connectivity index (χ3n) is 3.61. The van der Waals surface area contributed by atoms with Crippen LogP contribution < -0.4 is 0 Å². The van der Waals surface area contributed by atoms with E-state index in [-0.39, 0.29) is 17.3 Å². The lowest BCUT2D eigenvalue weighted by molar-refractivity contribution is -0.144. The number of ketones is 1. The average molecular weight is 379 g/mol. The van der Waals surface area contributed by atoms with Crippen LogP contribution in [0.25, 0.3) is 0 Å². The highest BCUT2D eigenvalue weighted by atomic mass is 32.2.